The minimum Gasteiger partial charge on any atom is -0.393 e. The van der Waals surface area contributed by atoms with Crippen molar-refractivity contribution >= 4 is 0 Å². The molecule has 0 aliphatic heterocycles. The topological polar surface area (TPSA) is 20.2 Å². The molecular weight excluding hydrogens is 280 g/mol. The van der Waals surface area contributed by atoms with Gasteiger partial charge in [0.2, 0.25) is 0 Å². The lowest BCUT2D eigenvalue weighted by Crippen LogP contribution is -2.48. The van der Waals surface area contributed by atoms with E-state index in [9.17, 15) is 5.11 Å². The molecule has 126 valence electrons. The normalized spacial score (nSPS) is 39.3. The van der Waals surface area contributed by atoms with Gasteiger partial charge in [0.05, 0.1) is 6.10 Å². The number of aliphatic hydroxyl groups excluding tert-OH is 1. The number of aliphatic hydroxyl groups is 1. The van der Waals surface area contributed by atoms with Crippen molar-refractivity contribution < 1.29 is 5.11 Å². The predicted molar refractivity (Wildman–Crippen MR) is 95.8 cm³/mol. The van der Waals surface area contributed by atoms with E-state index < -0.39 is 0 Å². The van der Waals surface area contributed by atoms with E-state index in [0.717, 1.165) is 30.6 Å². The van der Waals surface area contributed by atoms with Gasteiger partial charge in [-0.15, -0.1) is 0 Å². The number of rotatable bonds is 1. The van der Waals surface area contributed by atoms with Crippen LogP contribution < -0.4 is 0 Å². The third-order valence-corrected chi connectivity index (χ3v) is 7.82. The zero-order chi connectivity index (χ0) is 16.2. The summed E-state index contributed by atoms with van der Waals surface area (Å²) in [5, 5.41) is 10.1. The molecule has 0 amide bonds. The van der Waals surface area contributed by atoms with Crippen LogP contribution in [0, 0.1) is 24.2 Å². The third kappa shape index (κ3) is 2.30. The van der Waals surface area contributed by atoms with Crippen LogP contribution in [-0.4, -0.2) is 11.2 Å². The van der Waals surface area contributed by atoms with E-state index in [1.165, 1.54) is 44.1 Å². The van der Waals surface area contributed by atoms with E-state index in [2.05, 4.69) is 32.9 Å². The molecule has 0 saturated heterocycles. The Morgan fingerprint density at radius 1 is 1.17 bits per heavy atom. The van der Waals surface area contributed by atoms with Crippen molar-refractivity contribution in [1.29, 1.82) is 0 Å². The van der Waals surface area contributed by atoms with Gasteiger partial charge in [-0.25, -0.2) is 0 Å². The molecule has 1 aromatic carbocycles. The van der Waals surface area contributed by atoms with Crippen LogP contribution in [0.5, 0.6) is 0 Å². The highest BCUT2D eigenvalue weighted by molar-refractivity contribution is 5.45. The summed E-state index contributed by atoms with van der Waals surface area (Å²) in [7, 11) is 0. The maximum Gasteiger partial charge on any atom is 0.0543 e. The Labute approximate surface area is 141 Å². The lowest BCUT2D eigenvalue weighted by Gasteiger charge is -2.56. The number of aryl methyl sites for hydroxylation is 1. The van der Waals surface area contributed by atoms with Crippen molar-refractivity contribution in [3.63, 3.8) is 0 Å². The molecule has 2 fully saturated rings. The van der Waals surface area contributed by atoms with E-state index in [1.54, 1.807) is 16.7 Å². The molecule has 4 rings (SSSR count). The molecule has 0 spiro atoms. The monoisotopic (exact) mass is 312 g/mol. The average Bonchev–Trinajstić information content (AvgIpc) is 2.55. The number of hydrogen-bond donors (Lipinski definition) is 1. The largest absolute Gasteiger partial charge is 0.393 e. The van der Waals surface area contributed by atoms with Crippen LogP contribution in [0.2, 0.25) is 0 Å². The molecule has 0 aromatic heterocycles. The van der Waals surface area contributed by atoms with Crippen LogP contribution in [0.15, 0.2) is 12.1 Å². The Kier molecular flexibility index (Phi) is 3.83. The van der Waals surface area contributed by atoms with Crippen LogP contribution in [0.25, 0.3) is 0 Å². The third-order valence-electron chi connectivity index (χ3n) is 7.82. The van der Waals surface area contributed by atoms with Crippen LogP contribution in [0.1, 0.15) is 80.5 Å². The van der Waals surface area contributed by atoms with Crippen molar-refractivity contribution in [2.24, 2.45) is 17.3 Å². The molecule has 3 aliphatic rings. The van der Waals surface area contributed by atoms with E-state index in [0.29, 0.717) is 5.41 Å². The first-order valence-corrected chi connectivity index (χ1v) is 9.84. The molecule has 0 heterocycles. The van der Waals surface area contributed by atoms with Crippen LogP contribution in [0.4, 0.5) is 0 Å². The first kappa shape index (κ1) is 15.7. The summed E-state index contributed by atoms with van der Waals surface area (Å²) < 4.78 is 0. The van der Waals surface area contributed by atoms with Gasteiger partial charge in [0, 0.05) is 0 Å². The highest BCUT2D eigenvalue weighted by atomic mass is 16.3. The molecule has 1 N–H and O–H groups in total. The zero-order valence-electron chi connectivity index (χ0n) is 15.1. The van der Waals surface area contributed by atoms with Crippen molar-refractivity contribution in [2.75, 3.05) is 0 Å². The molecule has 5 atom stereocenters. The fourth-order valence-electron chi connectivity index (χ4n) is 6.54. The number of benzene rings is 1. The first-order valence-electron chi connectivity index (χ1n) is 9.84. The van der Waals surface area contributed by atoms with Gasteiger partial charge in [0.1, 0.15) is 0 Å². The van der Waals surface area contributed by atoms with Crippen LogP contribution in [-0.2, 0) is 12.8 Å². The van der Waals surface area contributed by atoms with E-state index >= 15 is 0 Å². The van der Waals surface area contributed by atoms with Gasteiger partial charge in [-0.1, -0.05) is 26.0 Å². The molecule has 23 heavy (non-hydrogen) atoms. The maximum absolute atomic E-state index is 10.1. The van der Waals surface area contributed by atoms with E-state index in [1.807, 2.05) is 0 Å². The van der Waals surface area contributed by atoms with Crippen molar-refractivity contribution in [3.8, 4) is 0 Å². The molecule has 1 heteroatoms. The van der Waals surface area contributed by atoms with Crippen molar-refractivity contribution in [1.82, 2.24) is 0 Å². The molecule has 1 nitrogen and oxygen atoms in total. The van der Waals surface area contributed by atoms with Gasteiger partial charge >= 0.3 is 0 Å². The zero-order valence-corrected chi connectivity index (χ0v) is 15.1. The van der Waals surface area contributed by atoms with Gasteiger partial charge in [-0.2, -0.15) is 0 Å². The van der Waals surface area contributed by atoms with Gasteiger partial charge in [-0.05, 0) is 104 Å². The standard InChI is InChI=1S/C22H32O/c1-4-17-14(2)5-7-19-18(17)9-10-21-20(19)8-6-15-13-16(23)11-12-22(15,21)3/h5,7,15-16,20-21,23H,4,6,8-13H2,1-3H3. The number of fused-ring (bicyclic) bond motifs is 5. The van der Waals surface area contributed by atoms with Gasteiger partial charge in [0.25, 0.3) is 0 Å². The molecule has 3 aliphatic carbocycles. The fourth-order valence-corrected chi connectivity index (χ4v) is 6.54. The average molecular weight is 312 g/mol. The second kappa shape index (κ2) is 5.62. The highest BCUT2D eigenvalue weighted by Crippen LogP contribution is 2.61. The Bertz CT molecular complexity index is 604. The summed E-state index contributed by atoms with van der Waals surface area (Å²) in [4.78, 5) is 0. The van der Waals surface area contributed by atoms with Gasteiger partial charge in [-0.3, -0.25) is 0 Å². The lowest BCUT2D eigenvalue weighted by molar-refractivity contribution is -0.0606. The molecule has 0 radical (unpaired) electrons. The first-order chi connectivity index (χ1) is 11.0. The molecule has 2 saturated carbocycles. The molecular formula is C22H32O. The van der Waals surface area contributed by atoms with Crippen molar-refractivity contribution in [2.45, 2.75) is 84.2 Å². The Hall–Kier alpha value is -0.820. The minimum atomic E-state index is -0.0326. The molecule has 0 bridgehead atoms. The Morgan fingerprint density at radius 2 is 2.00 bits per heavy atom. The number of hydrogen-bond acceptors (Lipinski definition) is 1. The minimum absolute atomic E-state index is 0.0326. The smallest absolute Gasteiger partial charge is 0.0543 e. The van der Waals surface area contributed by atoms with Gasteiger partial charge < -0.3 is 5.11 Å². The van der Waals surface area contributed by atoms with Crippen molar-refractivity contribution in [3.05, 3.63) is 34.4 Å². The van der Waals surface area contributed by atoms with Crippen LogP contribution >= 0.6 is 0 Å². The summed E-state index contributed by atoms with van der Waals surface area (Å²) in [6.07, 6.45) is 9.79. The van der Waals surface area contributed by atoms with E-state index in [-0.39, 0.29) is 6.10 Å². The summed E-state index contributed by atoms with van der Waals surface area (Å²) >= 11 is 0. The Balaban J connectivity index is 1.72. The fraction of sp³-hybridized carbons (Fsp3) is 0.727. The Morgan fingerprint density at radius 3 is 2.78 bits per heavy atom. The second-order valence-electron chi connectivity index (χ2n) is 8.74. The van der Waals surface area contributed by atoms with Gasteiger partial charge in [0.15, 0.2) is 0 Å². The second-order valence-corrected chi connectivity index (χ2v) is 8.74. The summed E-state index contributed by atoms with van der Waals surface area (Å²) in [6, 6.07) is 4.83. The predicted octanol–water partition coefficient (Wildman–Crippen LogP) is 5.16. The van der Waals surface area contributed by atoms with Crippen LogP contribution in [0.3, 0.4) is 0 Å². The maximum atomic E-state index is 10.1. The lowest BCUT2D eigenvalue weighted by atomic mass is 9.49. The summed E-state index contributed by atoms with van der Waals surface area (Å²) in [5.74, 6) is 2.37. The molecule has 1 aromatic rings. The van der Waals surface area contributed by atoms with E-state index in [4.69, 9.17) is 0 Å². The SMILES string of the molecule is CCc1c(C)ccc2c1CCC1C2CCC2CC(O)CCC21C. The highest BCUT2D eigenvalue weighted by Gasteiger charge is 2.51. The summed E-state index contributed by atoms with van der Waals surface area (Å²) in [6.45, 7) is 7.15. The molecule has 5 unspecified atom stereocenters. The quantitative estimate of drug-likeness (QED) is 0.759. The summed E-state index contributed by atoms with van der Waals surface area (Å²) in [5.41, 5.74) is 6.98.